The third-order valence-corrected chi connectivity index (χ3v) is 9.63. The largest absolute Gasteiger partial charge is 0.487 e. The molecular formula is C26H38N2O5S. The first-order valence-electron chi connectivity index (χ1n) is 12.6. The zero-order chi connectivity index (χ0) is 24.5. The number of hydrogen-bond acceptors (Lipinski definition) is 5. The number of carbonyl (C=O) groups excluding carboxylic acids is 1. The van der Waals surface area contributed by atoms with E-state index in [1.54, 1.807) is 17.9 Å². The summed E-state index contributed by atoms with van der Waals surface area (Å²) in [6.07, 6.45) is 9.13. The van der Waals surface area contributed by atoms with Crippen molar-refractivity contribution in [1.82, 2.24) is 9.21 Å². The zero-order valence-corrected chi connectivity index (χ0v) is 21.4. The Balaban J connectivity index is 1.71. The van der Waals surface area contributed by atoms with Gasteiger partial charge in [0.05, 0.1) is 13.2 Å². The average molecular weight is 491 g/mol. The fourth-order valence-electron chi connectivity index (χ4n) is 5.07. The van der Waals surface area contributed by atoms with Gasteiger partial charge >= 0.3 is 0 Å². The summed E-state index contributed by atoms with van der Waals surface area (Å²) in [6.45, 7) is 4.01. The maximum atomic E-state index is 13.6. The van der Waals surface area contributed by atoms with Crippen LogP contribution in [0.25, 0.3) is 5.57 Å². The fraction of sp³-hybridized carbons (Fsp3) is 0.654. The first kappa shape index (κ1) is 25.2. The molecule has 1 heterocycles. The summed E-state index contributed by atoms with van der Waals surface area (Å²) in [5.74, 6) is 0.391. The third kappa shape index (κ3) is 5.04. The van der Waals surface area contributed by atoms with Gasteiger partial charge in [-0.15, -0.1) is 0 Å². The van der Waals surface area contributed by atoms with Crippen LogP contribution < -0.4 is 4.74 Å². The van der Waals surface area contributed by atoms with Crippen LogP contribution in [0.1, 0.15) is 64.4 Å². The number of ether oxygens (including phenoxy) is 1. The van der Waals surface area contributed by atoms with Gasteiger partial charge in [-0.25, -0.2) is 8.42 Å². The van der Waals surface area contributed by atoms with Crippen LogP contribution >= 0.6 is 0 Å². The molecule has 0 radical (unpaired) electrons. The lowest BCUT2D eigenvalue weighted by Gasteiger charge is -2.38. The number of aliphatic hydroxyl groups excluding tert-OH is 1. The molecule has 1 aromatic carbocycles. The minimum atomic E-state index is -3.86. The highest BCUT2D eigenvalue weighted by Crippen LogP contribution is 2.37. The number of sulfonamides is 1. The molecular weight excluding hydrogens is 452 g/mol. The molecule has 8 heteroatoms. The molecule has 0 aromatic heterocycles. The molecule has 3 aliphatic rings. The first-order chi connectivity index (χ1) is 16.2. The Bertz CT molecular complexity index is 1030. The SMILES string of the molecule is C[C@@H]1CN([C@H](C)CO)S(=O)(=O)c2ccc(C3=CCCCC3)cc2O[C@H]1CN(C)C(=O)C1CCC1. The van der Waals surface area contributed by atoms with Crippen molar-refractivity contribution in [3.8, 4) is 5.75 Å². The number of benzene rings is 1. The van der Waals surface area contributed by atoms with Gasteiger partial charge in [-0.3, -0.25) is 4.79 Å². The van der Waals surface area contributed by atoms with E-state index < -0.39 is 16.1 Å². The van der Waals surface area contributed by atoms with Gasteiger partial charge in [-0.2, -0.15) is 4.31 Å². The highest BCUT2D eigenvalue weighted by molar-refractivity contribution is 7.89. The lowest BCUT2D eigenvalue weighted by molar-refractivity contribution is -0.138. The van der Waals surface area contributed by atoms with Crippen molar-refractivity contribution in [2.24, 2.45) is 11.8 Å². The van der Waals surface area contributed by atoms with Crippen LogP contribution in [-0.4, -0.2) is 67.5 Å². The van der Waals surface area contributed by atoms with Crippen LogP contribution in [0.2, 0.25) is 0 Å². The van der Waals surface area contributed by atoms with E-state index in [1.807, 2.05) is 26.1 Å². The lowest BCUT2D eigenvalue weighted by atomic mass is 9.84. The molecule has 0 bridgehead atoms. The highest BCUT2D eigenvalue weighted by atomic mass is 32.2. The number of likely N-dealkylation sites (N-methyl/N-ethyl adjacent to an activating group) is 1. The van der Waals surface area contributed by atoms with Crippen molar-refractivity contribution >= 4 is 21.5 Å². The van der Waals surface area contributed by atoms with Crippen LogP contribution in [0.4, 0.5) is 0 Å². The van der Waals surface area contributed by atoms with Crippen LogP contribution in [0, 0.1) is 11.8 Å². The summed E-state index contributed by atoms with van der Waals surface area (Å²) in [7, 11) is -2.05. The Morgan fingerprint density at radius 3 is 2.65 bits per heavy atom. The Labute approximate surface area is 203 Å². The standard InChI is InChI=1S/C26H38N2O5S/c1-18-15-28(19(2)17-29)34(31,32)25-13-12-22(20-8-5-4-6-9-20)14-23(25)33-24(18)16-27(3)26(30)21-10-7-11-21/h8,12-14,18-19,21,24,29H,4-7,9-11,15-17H2,1-3H3/t18-,19-,24+/m1/s1. The van der Waals surface area contributed by atoms with Gasteiger partial charge in [0, 0.05) is 31.5 Å². The van der Waals surface area contributed by atoms with E-state index in [0.29, 0.717) is 12.3 Å². The maximum absolute atomic E-state index is 13.6. The second-order valence-electron chi connectivity index (χ2n) is 10.2. The molecule has 1 aliphatic heterocycles. The molecule has 0 saturated heterocycles. The lowest BCUT2D eigenvalue weighted by Crippen LogP contribution is -2.50. The molecule has 1 aromatic rings. The molecule has 1 N–H and O–H groups in total. The molecule has 7 nitrogen and oxygen atoms in total. The van der Waals surface area contributed by atoms with Crippen molar-refractivity contribution in [1.29, 1.82) is 0 Å². The quantitative estimate of drug-likeness (QED) is 0.658. The van der Waals surface area contributed by atoms with E-state index >= 15 is 0 Å². The van der Waals surface area contributed by atoms with E-state index in [9.17, 15) is 18.3 Å². The third-order valence-electron chi connectivity index (χ3n) is 7.61. The predicted molar refractivity (Wildman–Crippen MR) is 132 cm³/mol. The zero-order valence-electron chi connectivity index (χ0n) is 20.6. The number of carbonyl (C=O) groups is 1. The van der Waals surface area contributed by atoms with E-state index in [-0.39, 0.29) is 41.9 Å². The Morgan fingerprint density at radius 2 is 2.03 bits per heavy atom. The van der Waals surface area contributed by atoms with Crippen molar-refractivity contribution in [3.63, 3.8) is 0 Å². The van der Waals surface area contributed by atoms with Crippen LogP contribution in [0.3, 0.4) is 0 Å². The Hall–Kier alpha value is -1.90. The fourth-order valence-corrected chi connectivity index (χ4v) is 6.90. The molecule has 3 atom stereocenters. The molecule has 1 amide bonds. The molecule has 0 spiro atoms. The van der Waals surface area contributed by atoms with Gasteiger partial charge in [0.1, 0.15) is 16.7 Å². The predicted octanol–water partition coefficient (Wildman–Crippen LogP) is 3.67. The van der Waals surface area contributed by atoms with Crippen LogP contribution in [0.5, 0.6) is 5.75 Å². The number of fused-ring (bicyclic) bond motifs is 1. The molecule has 2 aliphatic carbocycles. The normalized spacial score (nSPS) is 26.2. The molecule has 4 rings (SSSR count). The topological polar surface area (TPSA) is 87.2 Å². The van der Waals surface area contributed by atoms with E-state index in [2.05, 4.69) is 6.08 Å². The second kappa shape index (κ2) is 10.4. The van der Waals surface area contributed by atoms with Crippen LogP contribution in [-0.2, 0) is 14.8 Å². The molecule has 188 valence electrons. The van der Waals surface area contributed by atoms with Crippen molar-refractivity contribution < 1.29 is 23.1 Å². The number of rotatable bonds is 6. The number of hydrogen-bond donors (Lipinski definition) is 1. The van der Waals surface area contributed by atoms with Gasteiger partial charge in [0.25, 0.3) is 0 Å². The summed E-state index contributed by atoms with van der Waals surface area (Å²) >= 11 is 0. The van der Waals surface area contributed by atoms with Gasteiger partial charge in [0.2, 0.25) is 15.9 Å². The molecule has 34 heavy (non-hydrogen) atoms. The smallest absolute Gasteiger partial charge is 0.247 e. The molecule has 1 fully saturated rings. The summed E-state index contributed by atoms with van der Waals surface area (Å²) in [6, 6.07) is 4.80. The van der Waals surface area contributed by atoms with Crippen molar-refractivity contribution in [2.45, 2.75) is 75.8 Å². The minimum absolute atomic E-state index is 0.0947. The number of nitrogens with zero attached hydrogens (tertiary/aromatic N) is 2. The van der Waals surface area contributed by atoms with Gasteiger partial charge < -0.3 is 14.7 Å². The molecule has 0 unspecified atom stereocenters. The summed E-state index contributed by atoms with van der Waals surface area (Å²) < 4.78 is 35.1. The first-order valence-corrected chi connectivity index (χ1v) is 14.0. The van der Waals surface area contributed by atoms with Crippen LogP contribution in [0.15, 0.2) is 29.2 Å². The monoisotopic (exact) mass is 490 g/mol. The highest BCUT2D eigenvalue weighted by Gasteiger charge is 2.39. The van der Waals surface area contributed by atoms with Crippen molar-refractivity contribution in [2.75, 3.05) is 26.7 Å². The number of aliphatic hydroxyl groups is 1. The summed E-state index contributed by atoms with van der Waals surface area (Å²) in [5, 5.41) is 9.81. The molecule has 1 saturated carbocycles. The average Bonchev–Trinajstić information content (AvgIpc) is 2.79. The van der Waals surface area contributed by atoms with E-state index in [1.165, 1.54) is 16.3 Å². The minimum Gasteiger partial charge on any atom is -0.487 e. The second-order valence-corrected chi connectivity index (χ2v) is 12.1. The summed E-state index contributed by atoms with van der Waals surface area (Å²) in [4.78, 5) is 14.7. The number of allylic oxidation sites excluding steroid dienone is 2. The van der Waals surface area contributed by atoms with Gasteiger partial charge in [0.15, 0.2) is 0 Å². The van der Waals surface area contributed by atoms with E-state index in [4.69, 9.17) is 4.74 Å². The maximum Gasteiger partial charge on any atom is 0.247 e. The van der Waals surface area contributed by atoms with Gasteiger partial charge in [-0.1, -0.05) is 25.5 Å². The number of amides is 1. The van der Waals surface area contributed by atoms with Gasteiger partial charge in [-0.05, 0) is 68.7 Å². The Morgan fingerprint density at radius 1 is 1.26 bits per heavy atom. The summed E-state index contributed by atoms with van der Waals surface area (Å²) in [5.41, 5.74) is 2.21. The van der Waals surface area contributed by atoms with Crippen molar-refractivity contribution in [3.05, 3.63) is 29.8 Å². The van der Waals surface area contributed by atoms with E-state index in [0.717, 1.165) is 44.1 Å². The Kier molecular flexibility index (Phi) is 7.69.